The molecule has 2 N–H and O–H groups in total. The summed E-state index contributed by atoms with van der Waals surface area (Å²) in [7, 11) is 0. The van der Waals surface area contributed by atoms with E-state index in [4.69, 9.17) is 4.74 Å². The molecule has 2 atom stereocenters. The van der Waals surface area contributed by atoms with Crippen LogP contribution >= 0.6 is 0 Å². The molecule has 1 aliphatic rings. The summed E-state index contributed by atoms with van der Waals surface area (Å²) in [5, 5.41) is 23.3. The number of aryl methyl sites for hydroxylation is 1. The van der Waals surface area contributed by atoms with E-state index in [0.717, 1.165) is 10.5 Å². The number of carbonyl (C=O) groups excluding carboxylic acids is 3. The lowest BCUT2D eigenvalue weighted by molar-refractivity contribution is -0.384. The Morgan fingerprint density at radius 3 is 2.33 bits per heavy atom. The fourth-order valence-electron chi connectivity index (χ4n) is 4.35. The molecule has 0 aromatic heterocycles. The number of hydrogen-bond acceptors (Lipinski definition) is 7. The van der Waals surface area contributed by atoms with E-state index in [1.54, 1.807) is 54.6 Å². The van der Waals surface area contributed by atoms with Gasteiger partial charge in [-0.25, -0.2) is 4.79 Å². The van der Waals surface area contributed by atoms with E-state index < -0.39 is 47.4 Å². The van der Waals surface area contributed by atoms with Gasteiger partial charge in [0.1, 0.15) is 5.75 Å². The molecule has 0 aliphatic carbocycles. The fraction of sp³-hybridized carbons (Fsp3) is 0.214. The summed E-state index contributed by atoms with van der Waals surface area (Å²) in [6.45, 7) is 1.84. The normalized spacial score (nSPS) is 15.3. The average Bonchev–Trinajstić information content (AvgIpc) is 3.39. The van der Waals surface area contributed by atoms with Gasteiger partial charge in [0.2, 0.25) is 0 Å². The predicted octanol–water partition coefficient (Wildman–Crippen LogP) is 3.52. The quantitative estimate of drug-likeness (QED) is 0.321. The summed E-state index contributed by atoms with van der Waals surface area (Å²) >= 11 is 0. The maximum absolute atomic E-state index is 13.7. The number of carbonyl (C=O) groups is 4. The molecule has 1 heterocycles. The molecule has 3 amide bonds. The van der Waals surface area contributed by atoms with E-state index in [-0.39, 0.29) is 30.1 Å². The van der Waals surface area contributed by atoms with Crippen molar-refractivity contribution in [2.75, 3.05) is 13.1 Å². The van der Waals surface area contributed by atoms with Crippen LogP contribution in [0, 0.1) is 17.0 Å². The van der Waals surface area contributed by atoms with E-state index in [2.05, 4.69) is 5.32 Å². The highest BCUT2D eigenvalue weighted by molar-refractivity contribution is 5.99. The molecule has 3 aromatic carbocycles. The van der Waals surface area contributed by atoms with Gasteiger partial charge >= 0.3 is 12.1 Å². The Balaban J connectivity index is 1.66. The number of aliphatic carboxylic acids is 1. The lowest BCUT2D eigenvalue weighted by Gasteiger charge is -2.30. The van der Waals surface area contributed by atoms with Crippen LogP contribution in [0.3, 0.4) is 0 Å². The van der Waals surface area contributed by atoms with Gasteiger partial charge in [-0.1, -0.05) is 48.0 Å². The van der Waals surface area contributed by atoms with E-state index in [9.17, 15) is 34.4 Å². The minimum Gasteiger partial charge on any atom is -0.481 e. The average molecular weight is 547 g/mol. The molecule has 0 spiro atoms. The van der Waals surface area contributed by atoms with Gasteiger partial charge in [0, 0.05) is 30.8 Å². The van der Waals surface area contributed by atoms with Crippen molar-refractivity contribution in [3.63, 3.8) is 0 Å². The van der Waals surface area contributed by atoms with E-state index >= 15 is 0 Å². The third-order valence-corrected chi connectivity index (χ3v) is 6.33. The number of non-ortho nitro benzene ring substituents is 1. The van der Waals surface area contributed by atoms with Crippen molar-refractivity contribution in [1.29, 1.82) is 0 Å². The largest absolute Gasteiger partial charge is 0.481 e. The van der Waals surface area contributed by atoms with Crippen LogP contribution in [0.15, 0.2) is 78.9 Å². The van der Waals surface area contributed by atoms with Crippen molar-refractivity contribution in [3.8, 4) is 5.75 Å². The monoisotopic (exact) mass is 546 g/mol. The number of ether oxygens (including phenoxy) is 1. The van der Waals surface area contributed by atoms with Crippen LogP contribution in [0.1, 0.15) is 33.9 Å². The van der Waals surface area contributed by atoms with Crippen molar-refractivity contribution in [2.24, 2.45) is 0 Å². The molecule has 3 aromatic rings. The Bertz CT molecular complexity index is 1430. The molecule has 1 saturated heterocycles. The van der Waals surface area contributed by atoms with Crippen LogP contribution in [0.4, 0.5) is 10.5 Å². The Morgan fingerprint density at radius 1 is 1.00 bits per heavy atom. The second kappa shape index (κ2) is 12.1. The van der Waals surface area contributed by atoms with Gasteiger partial charge in [0.15, 0.2) is 6.17 Å². The van der Waals surface area contributed by atoms with Crippen LogP contribution < -0.4 is 10.1 Å². The minimum atomic E-state index is -1.47. The van der Waals surface area contributed by atoms with Crippen LogP contribution in [-0.2, 0) is 9.59 Å². The number of para-hydroxylation sites is 1. The van der Waals surface area contributed by atoms with Crippen LogP contribution in [0.25, 0.3) is 0 Å². The zero-order chi connectivity index (χ0) is 28.8. The van der Waals surface area contributed by atoms with Crippen LogP contribution in [-0.4, -0.2) is 63.0 Å². The third-order valence-electron chi connectivity index (χ3n) is 6.33. The molecule has 206 valence electrons. The van der Waals surface area contributed by atoms with Gasteiger partial charge in [0.05, 0.1) is 17.4 Å². The third kappa shape index (κ3) is 6.41. The Kier molecular flexibility index (Phi) is 8.38. The number of benzene rings is 3. The van der Waals surface area contributed by atoms with Crippen molar-refractivity contribution in [2.45, 2.75) is 25.6 Å². The first-order chi connectivity index (χ1) is 19.1. The summed E-state index contributed by atoms with van der Waals surface area (Å²) in [6.07, 6.45) is -2.95. The Labute approximate surface area is 228 Å². The van der Waals surface area contributed by atoms with E-state index in [1.165, 1.54) is 29.2 Å². The number of carboxylic acids is 1. The second-order valence-electron chi connectivity index (χ2n) is 9.12. The topological polar surface area (TPSA) is 159 Å². The van der Waals surface area contributed by atoms with Crippen molar-refractivity contribution in [3.05, 3.63) is 106 Å². The van der Waals surface area contributed by atoms with Gasteiger partial charge in [-0.2, -0.15) is 0 Å². The number of nitro groups is 1. The zero-order valence-corrected chi connectivity index (χ0v) is 21.4. The van der Waals surface area contributed by atoms with Gasteiger partial charge < -0.3 is 20.1 Å². The Hall–Kier alpha value is -5.26. The van der Waals surface area contributed by atoms with Crippen molar-refractivity contribution < 1.29 is 33.9 Å². The highest BCUT2D eigenvalue weighted by atomic mass is 16.6. The molecule has 0 bridgehead atoms. The lowest BCUT2D eigenvalue weighted by Crippen LogP contribution is -2.55. The molecule has 0 saturated carbocycles. The summed E-state index contributed by atoms with van der Waals surface area (Å²) in [4.78, 5) is 64.9. The first-order valence-electron chi connectivity index (χ1n) is 12.3. The van der Waals surface area contributed by atoms with E-state index in [0.29, 0.717) is 5.56 Å². The lowest BCUT2D eigenvalue weighted by atomic mass is 10.0. The molecule has 1 fully saturated rings. The van der Waals surface area contributed by atoms with Crippen molar-refractivity contribution >= 4 is 29.6 Å². The SMILES string of the molecule is Cc1ccc(C(=O)N2CCN(C(=O)Oc3ccccc3)C2C(=O)NC(CC(=O)O)c2cccc([N+](=O)[O-])c2)cc1. The molecule has 2 unspecified atom stereocenters. The summed E-state index contributed by atoms with van der Waals surface area (Å²) in [6, 6.07) is 18.9. The maximum atomic E-state index is 13.7. The standard InChI is InChI=1S/C28H26N4O8/c1-18-10-12-19(13-11-18)27(36)30-14-15-31(28(37)40-22-8-3-2-4-9-22)26(30)25(35)29-23(17-24(33)34)20-6-5-7-21(16-20)32(38)39/h2-13,16,23,26H,14-15,17H2,1H3,(H,29,35)(H,33,34). The zero-order valence-electron chi connectivity index (χ0n) is 21.4. The number of nitrogens with one attached hydrogen (secondary N) is 1. The number of carboxylic acid groups (broad SMARTS) is 1. The van der Waals surface area contributed by atoms with E-state index in [1.807, 2.05) is 6.92 Å². The summed E-state index contributed by atoms with van der Waals surface area (Å²) in [5.41, 5.74) is 1.11. The van der Waals surface area contributed by atoms with Crippen LogP contribution in [0.5, 0.6) is 5.75 Å². The molecule has 4 rings (SSSR count). The Morgan fingerprint density at radius 2 is 1.68 bits per heavy atom. The number of amides is 3. The molecule has 0 radical (unpaired) electrons. The van der Waals surface area contributed by atoms with Gasteiger partial charge in [0.25, 0.3) is 17.5 Å². The molecular weight excluding hydrogens is 520 g/mol. The number of nitrogens with zero attached hydrogens (tertiary/aromatic N) is 3. The predicted molar refractivity (Wildman–Crippen MR) is 141 cm³/mol. The molecule has 40 heavy (non-hydrogen) atoms. The number of rotatable bonds is 8. The smallest absolute Gasteiger partial charge is 0.417 e. The highest BCUT2D eigenvalue weighted by Crippen LogP contribution is 2.25. The summed E-state index contributed by atoms with van der Waals surface area (Å²) < 4.78 is 5.42. The fourth-order valence-corrected chi connectivity index (χ4v) is 4.35. The molecular formula is C28H26N4O8. The molecule has 1 aliphatic heterocycles. The first-order valence-corrected chi connectivity index (χ1v) is 12.3. The number of hydrogen-bond donors (Lipinski definition) is 2. The maximum Gasteiger partial charge on any atom is 0.417 e. The number of nitro benzene ring substituents is 1. The van der Waals surface area contributed by atoms with Gasteiger partial charge in [-0.05, 0) is 36.8 Å². The van der Waals surface area contributed by atoms with Gasteiger partial charge in [-0.15, -0.1) is 0 Å². The minimum absolute atomic E-state index is 0.00902. The second-order valence-corrected chi connectivity index (χ2v) is 9.12. The summed E-state index contributed by atoms with van der Waals surface area (Å²) in [5.74, 6) is -2.40. The molecule has 12 heteroatoms. The van der Waals surface area contributed by atoms with Gasteiger partial charge in [-0.3, -0.25) is 29.4 Å². The first kappa shape index (κ1) is 27.8. The molecule has 12 nitrogen and oxygen atoms in total. The highest BCUT2D eigenvalue weighted by Gasteiger charge is 2.44. The van der Waals surface area contributed by atoms with Crippen molar-refractivity contribution in [1.82, 2.24) is 15.1 Å². The van der Waals surface area contributed by atoms with Crippen LogP contribution in [0.2, 0.25) is 0 Å².